The number of likely N-dealkylation sites (tertiary alicyclic amines) is 1. The van der Waals surface area contributed by atoms with Crippen LogP contribution >= 0.6 is 0 Å². The minimum Gasteiger partial charge on any atom is -0.378 e. The van der Waals surface area contributed by atoms with Crippen LogP contribution in [0.15, 0.2) is 18.0 Å². The molecule has 30 heavy (non-hydrogen) atoms. The number of rotatable bonds is 4. The highest BCUT2D eigenvalue weighted by Gasteiger charge is 2.30. The molecule has 3 fully saturated rings. The molecule has 10 nitrogen and oxygen atoms in total. The maximum Gasteiger partial charge on any atom is 0.236 e. The first kappa shape index (κ1) is 20.4. The van der Waals surface area contributed by atoms with Crippen LogP contribution in [0.4, 0.5) is 5.95 Å². The third kappa shape index (κ3) is 4.49. The predicted molar refractivity (Wildman–Crippen MR) is 108 cm³/mol. The molecule has 2 amide bonds. The van der Waals surface area contributed by atoms with E-state index in [2.05, 4.69) is 19.8 Å². The fraction of sp³-hybridized carbons (Fsp3) is 0.550. The fourth-order valence-electron chi connectivity index (χ4n) is 3.79. The van der Waals surface area contributed by atoms with E-state index in [9.17, 15) is 14.4 Å². The number of hydrogen-bond acceptors (Lipinski definition) is 8. The lowest BCUT2D eigenvalue weighted by molar-refractivity contribution is -0.136. The fourth-order valence-corrected chi connectivity index (χ4v) is 3.79. The summed E-state index contributed by atoms with van der Waals surface area (Å²) >= 11 is 0. The predicted octanol–water partition coefficient (Wildman–Crippen LogP) is -0.770. The number of carbonyl (C=O) groups is 3. The van der Waals surface area contributed by atoms with Crippen molar-refractivity contribution in [3.63, 3.8) is 0 Å². The molecule has 10 heteroatoms. The number of hydrogen-bond donors (Lipinski definition) is 0. The molecule has 0 aromatic carbocycles. The minimum atomic E-state index is -0.205. The van der Waals surface area contributed by atoms with Gasteiger partial charge in [-0.15, -0.1) is 0 Å². The molecule has 0 atom stereocenters. The molecule has 3 aliphatic rings. The van der Waals surface area contributed by atoms with E-state index >= 15 is 0 Å². The van der Waals surface area contributed by atoms with Gasteiger partial charge in [-0.25, -0.2) is 9.97 Å². The summed E-state index contributed by atoms with van der Waals surface area (Å²) < 4.78 is 5.30. The van der Waals surface area contributed by atoms with E-state index in [0.717, 1.165) is 13.1 Å². The summed E-state index contributed by atoms with van der Waals surface area (Å²) in [7, 11) is 1.60. The summed E-state index contributed by atoms with van der Waals surface area (Å²) in [6, 6.07) is 1.72. The van der Waals surface area contributed by atoms with Gasteiger partial charge in [0.05, 0.1) is 37.6 Å². The molecule has 0 bridgehead atoms. The molecule has 3 aliphatic heterocycles. The van der Waals surface area contributed by atoms with Crippen molar-refractivity contribution in [3.8, 4) is 0 Å². The summed E-state index contributed by atoms with van der Waals surface area (Å²) in [4.78, 5) is 52.5. The van der Waals surface area contributed by atoms with Crippen LogP contribution in [-0.4, -0.2) is 108 Å². The third-order valence-electron chi connectivity index (χ3n) is 5.66. The molecule has 0 spiro atoms. The Balaban J connectivity index is 1.35. The number of likely N-dealkylation sites (N-methyl/N-ethyl adjacent to an activating group) is 1. The average molecular weight is 414 g/mol. The zero-order valence-electron chi connectivity index (χ0n) is 17.1. The maximum absolute atomic E-state index is 12.4. The van der Waals surface area contributed by atoms with Crippen LogP contribution in [0.5, 0.6) is 0 Å². The molecular formula is C20H26N6O4. The van der Waals surface area contributed by atoms with E-state index in [1.165, 1.54) is 4.90 Å². The number of carbonyl (C=O) groups excluding carboxylic acids is 3. The molecule has 0 N–H and O–H groups in total. The number of ether oxygens (including phenoxy) is 1. The van der Waals surface area contributed by atoms with Crippen LogP contribution in [0.1, 0.15) is 12.1 Å². The van der Waals surface area contributed by atoms with Gasteiger partial charge >= 0.3 is 0 Å². The van der Waals surface area contributed by atoms with Crippen molar-refractivity contribution in [3.05, 3.63) is 23.7 Å². The van der Waals surface area contributed by atoms with Gasteiger partial charge < -0.3 is 19.4 Å². The molecular weight excluding hydrogens is 388 g/mol. The number of anilines is 1. The zero-order chi connectivity index (χ0) is 21.1. The summed E-state index contributed by atoms with van der Waals surface area (Å²) in [5, 5.41) is 0. The van der Waals surface area contributed by atoms with Crippen LogP contribution < -0.4 is 4.90 Å². The molecule has 4 rings (SSSR count). The number of ketones is 1. The molecule has 1 aromatic rings. The van der Waals surface area contributed by atoms with Crippen molar-refractivity contribution < 1.29 is 19.1 Å². The molecule has 0 aliphatic carbocycles. The average Bonchev–Trinajstić information content (AvgIpc) is 3.01. The Morgan fingerprint density at radius 2 is 1.87 bits per heavy atom. The van der Waals surface area contributed by atoms with Crippen molar-refractivity contribution in [2.75, 3.05) is 71.0 Å². The van der Waals surface area contributed by atoms with E-state index in [4.69, 9.17) is 4.74 Å². The normalized spacial score (nSPS) is 22.3. The first-order valence-electron chi connectivity index (χ1n) is 10.2. The zero-order valence-corrected chi connectivity index (χ0v) is 17.1. The van der Waals surface area contributed by atoms with Gasteiger partial charge in [0.25, 0.3) is 0 Å². The summed E-state index contributed by atoms with van der Waals surface area (Å²) in [5.41, 5.74) is 0.950. The first-order chi connectivity index (χ1) is 14.5. The van der Waals surface area contributed by atoms with E-state index in [1.807, 2.05) is 4.90 Å². The van der Waals surface area contributed by atoms with Gasteiger partial charge in [-0.3, -0.25) is 19.3 Å². The lowest BCUT2D eigenvalue weighted by Crippen LogP contribution is -2.51. The van der Waals surface area contributed by atoms with Crippen molar-refractivity contribution >= 4 is 29.6 Å². The summed E-state index contributed by atoms with van der Waals surface area (Å²) in [5.74, 6) is 0.337. The van der Waals surface area contributed by atoms with Crippen LogP contribution in [0, 0.1) is 0 Å². The third-order valence-corrected chi connectivity index (χ3v) is 5.66. The Labute approximate surface area is 175 Å². The standard InChI is InChI=1S/C20H26N6O4/c1-23-16(17(27)13-18(23)28)12-15-2-3-21-20(22-15)26-6-4-24(5-7-26)14-19(29)25-8-10-30-11-9-25/h2-3,12H,4-11,13-14H2,1H3/b16-12-. The highest BCUT2D eigenvalue weighted by Crippen LogP contribution is 2.20. The minimum absolute atomic E-state index is 0.0919. The number of nitrogens with zero attached hydrogens (tertiary/aromatic N) is 6. The van der Waals surface area contributed by atoms with E-state index in [-0.39, 0.29) is 24.0 Å². The van der Waals surface area contributed by atoms with Crippen molar-refractivity contribution in [1.29, 1.82) is 0 Å². The molecule has 0 saturated carbocycles. The lowest BCUT2D eigenvalue weighted by atomic mass is 10.2. The van der Waals surface area contributed by atoms with Gasteiger partial charge in [0.15, 0.2) is 5.78 Å². The maximum atomic E-state index is 12.4. The Bertz CT molecular complexity index is 859. The smallest absolute Gasteiger partial charge is 0.236 e. The second-order valence-electron chi connectivity index (χ2n) is 7.62. The molecule has 3 saturated heterocycles. The van der Waals surface area contributed by atoms with Gasteiger partial charge in [0.2, 0.25) is 17.8 Å². The van der Waals surface area contributed by atoms with E-state index in [0.29, 0.717) is 63.3 Å². The second kappa shape index (κ2) is 8.88. The Hall–Kier alpha value is -2.85. The van der Waals surface area contributed by atoms with Crippen LogP contribution in [0.25, 0.3) is 6.08 Å². The summed E-state index contributed by atoms with van der Waals surface area (Å²) in [6.07, 6.45) is 3.20. The molecule has 160 valence electrons. The SMILES string of the molecule is CN1C(=O)CC(=O)/C1=C/c1ccnc(N2CCN(CC(=O)N3CCOCC3)CC2)n1. The van der Waals surface area contributed by atoms with E-state index < -0.39 is 0 Å². The van der Waals surface area contributed by atoms with Gasteiger partial charge in [-0.2, -0.15) is 0 Å². The first-order valence-corrected chi connectivity index (χ1v) is 10.2. The monoisotopic (exact) mass is 414 g/mol. The van der Waals surface area contributed by atoms with Gasteiger partial charge in [0, 0.05) is 52.5 Å². The number of aromatic nitrogens is 2. The van der Waals surface area contributed by atoms with Crippen molar-refractivity contribution in [2.24, 2.45) is 0 Å². The highest BCUT2D eigenvalue weighted by molar-refractivity contribution is 6.16. The van der Waals surface area contributed by atoms with Crippen LogP contribution in [-0.2, 0) is 19.1 Å². The number of piperazine rings is 1. The van der Waals surface area contributed by atoms with Crippen LogP contribution in [0.2, 0.25) is 0 Å². The van der Waals surface area contributed by atoms with Crippen molar-refractivity contribution in [1.82, 2.24) is 24.7 Å². The largest absolute Gasteiger partial charge is 0.378 e. The van der Waals surface area contributed by atoms with Crippen molar-refractivity contribution in [2.45, 2.75) is 6.42 Å². The number of amides is 2. The molecule has 1 aromatic heterocycles. The second-order valence-corrected chi connectivity index (χ2v) is 7.62. The van der Waals surface area contributed by atoms with E-state index in [1.54, 1.807) is 25.4 Å². The Morgan fingerprint density at radius 1 is 1.13 bits per heavy atom. The highest BCUT2D eigenvalue weighted by atomic mass is 16.5. The van der Waals surface area contributed by atoms with Crippen LogP contribution in [0.3, 0.4) is 0 Å². The molecule has 4 heterocycles. The molecule has 0 unspecified atom stereocenters. The number of morpholine rings is 1. The van der Waals surface area contributed by atoms with Gasteiger partial charge in [-0.1, -0.05) is 0 Å². The van der Waals surface area contributed by atoms with Gasteiger partial charge in [0.1, 0.15) is 0 Å². The Morgan fingerprint density at radius 3 is 2.53 bits per heavy atom. The Kier molecular flexibility index (Phi) is 6.05. The number of allylic oxidation sites excluding steroid dienone is 1. The quantitative estimate of drug-likeness (QED) is 0.468. The lowest BCUT2D eigenvalue weighted by Gasteiger charge is -2.36. The topological polar surface area (TPSA) is 99.2 Å². The van der Waals surface area contributed by atoms with Gasteiger partial charge in [-0.05, 0) is 12.1 Å². The molecule has 0 radical (unpaired) electrons. The summed E-state index contributed by atoms with van der Waals surface area (Å²) in [6.45, 7) is 5.90. The number of Topliss-reactive ketones (excluding diaryl/α,β-unsaturated/α-hetero) is 1.